The summed E-state index contributed by atoms with van der Waals surface area (Å²) >= 11 is 0. The molecule has 0 bridgehead atoms. The van der Waals surface area contributed by atoms with Crippen LogP contribution in [0.3, 0.4) is 0 Å². The fourth-order valence-corrected chi connectivity index (χ4v) is 3.42. The quantitative estimate of drug-likeness (QED) is 0.517. The summed E-state index contributed by atoms with van der Waals surface area (Å²) in [5.41, 5.74) is 6.93. The van der Waals surface area contributed by atoms with E-state index in [1.807, 2.05) is 0 Å². The Morgan fingerprint density at radius 3 is 2.96 bits per heavy atom. The van der Waals surface area contributed by atoms with E-state index in [2.05, 4.69) is 21.6 Å². The zero-order valence-electron chi connectivity index (χ0n) is 15.1. The van der Waals surface area contributed by atoms with E-state index >= 15 is 0 Å². The Morgan fingerprint density at radius 1 is 1.43 bits per heavy atom. The fraction of sp³-hybridized carbons (Fsp3) is 0.211. The van der Waals surface area contributed by atoms with Gasteiger partial charge in [-0.05, 0) is 37.1 Å². The number of halogens is 2. The first-order chi connectivity index (χ1) is 13.4. The van der Waals surface area contributed by atoms with Gasteiger partial charge in [0.1, 0.15) is 23.0 Å². The maximum atomic E-state index is 14.8. The van der Waals surface area contributed by atoms with Crippen LogP contribution in [0.2, 0.25) is 0 Å². The lowest BCUT2D eigenvalue weighted by Gasteiger charge is -2.11. The molecule has 7 nitrogen and oxygen atoms in total. The predicted octanol–water partition coefficient (Wildman–Crippen LogP) is 2.98. The SMILES string of the molecule is C=CCC(F)Cn1c(C)nc2c(F)cc(-c3ccn4nc(N)[nH]c(=O)c34)cc21. The minimum Gasteiger partial charge on any atom is -0.368 e. The summed E-state index contributed by atoms with van der Waals surface area (Å²) in [4.78, 5) is 19.0. The number of H-pyrrole nitrogens is 1. The average molecular weight is 384 g/mol. The van der Waals surface area contributed by atoms with Gasteiger partial charge in [0.05, 0.1) is 12.1 Å². The number of fused-ring (bicyclic) bond motifs is 2. The molecular formula is C19H18F2N6O. The van der Waals surface area contributed by atoms with Gasteiger partial charge in [0, 0.05) is 11.8 Å². The molecule has 28 heavy (non-hydrogen) atoms. The van der Waals surface area contributed by atoms with Crippen LogP contribution in [0, 0.1) is 12.7 Å². The van der Waals surface area contributed by atoms with Crippen LogP contribution in [0.4, 0.5) is 14.7 Å². The van der Waals surface area contributed by atoms with Gasteiger partial charge in [-0.3, -0.25) is 9.78 Å². The third kappa shape index (κ3) is 2.84. The Labute approximate surface area is 158 Å². The van der Waals surface area contributed by atoms with E-state index in [4.69, 9.17) is 5.73 Å². The number of anilines is 1. The Hall–Kier alpha value is -3.49. The molecule has 0 amide bonds. The van der Waals surface area contributed by atoms with Gasteiger partial charge >= 0.3 is 0 Å². The van der Waals surface area contributed by atoms with Gasteiger partial charge in [-0.1, -0.05) is 6.08 Å². The molecule has 4 rings (SSSR count). The number of aryl methyl sites for hydroxylation is 1. The Morgan fingerprint density at radius 2 is 2.21 bits per heavy atom. The van der Waals surface area contributed by atoms with Gasteiger partial charge in [-0.15, -0.1) is 11.7 Å². The monoisotopic (exact) mass is 384 g/mol. The molecule has 1 unspecified atom stereocenters. The molecule has 0 radical (unpaired) electrons. The third-order valence-electron chi connectivity index (χ3n) is 4.65. The van der Waals surface area contributed by atoms with E-state index in [1.165, 1.54) is 16.7 Å². The number of hydrogen-bond donors (Lipinski definition) is 2. The van der Waals surface area contributed by atoms with Crippen molar-refractivity contribution in [2.45, 2.75) is 26.1 Å². The molecule has 3 heterocycles. The van der Waals surface area contributed by atoms with Crippen LogP contribution in [0.1, 0.15) is 12.2 Å². The number of rotatable bonds is 5. The summed E-state index contributed by atoms with van der Waals surface area (Å²) in [6.07, 6.45) is 2.10. The summed E-state index contributed by atoms with van der Waals surface area (Å²) in [7, 11) is 0. The number of aromatic nitrogens is 5. The van der Waals surface area contributed by atoms with E-state index in [1.54, 1.807) is 29.8 Å². The molecule has 1 aromatic carbocycles. The topological polar surface area (TPSA) is 94.0 Å². The number of benzene rings is 1. The Bertz CT molecular complexity index is 1270. The van der Waals surface area contributed by atoms with Crippen LogP contribution in [-0.2, 0) is 6.54 Å². The van der Waals surface area contributed by atoms with E-state index in [0.717, 1.165) is 0 Å². The lowest BCUT2D eigenvalue weighted by molar-refractivity contribution is 0.299. The predicted molar refractivity (Wildman–Crippen MR) is 103 cm³/mol. The highest BCUT2D eigenvalue weighted by molar-refractivity contribution is 5.88. The van der Waals surface area contributed by atoms with E-state index in [-0.39, 0.29) is 29.9 Å². The van der Waals surface area contributed by atoms with Crippen LogP contribution in [0.25, 0.3) is 27.7 Å². The van der Waals surface area contributed by atoms with Crippen LogP contribution in [-0.4, -0.2) is 30.3 Å². The molecule has 9 heteroatoms. The van der Waals surface area contributed by atoms with E-state index < -0.39 is 17.5 Å². The fourth-order valence-electron chi connectivity index (χ4n) is 3.42. The zero-order valence-corrected chi connectivity index (χ0v) is 15.1. The molecule has 0 aliphatic carbocycles. The highest BCUT2D eigenvalue weighted by atomic mass is 19.1. The van der Waals surface area contributed by atoms with Gasteiger partial charge in [0.15, 0.2) is 5.82 Å². The normalized spacial score (nSPS) is 12.7. The van der Waals surface area contributed by atoms with Crippen molar-refractivity contribution in [2.75, 3.05) is 5.73 Å². The van der Waals surface area contributed by atoms with Gasteiger partial charge in [0.2, 0.25) is 5.95 Å². The second-order valence-electron chi connectivity index (χ2n) is 6.58. The maximum absolute atomic E-state index is 14.8. The first-order valence-electron chi connectivity index (χ1n) is 8.68. The lowest BCUT2D eigenvalue weighted by atomic mass is 10.1. The second-order valence-corrected chi connectivity index (χ2v) is 6.58. The molecule has 3 aromatic heterocycles. The Kier molecular flexibility index (Phi) is 4.21. The van der Waals surface area contributed by atoms with Gasteiger partial charge in [-0.25, -0.2) is 18.3 Å². The minimum atomic E-state index is -1.16. The maximum Gasteiger partial charge on any atom is 0.277 e. The summed E-state index contributed by atoms with van der Waals surface area (Å²) in [5, 5.41) is 4.02. The van der Waals surface area contributed by atoms with Gasteiger partial charge in [0.25, 0.3) is 5.56 Å². The number of aromatic amines is 1. The van der Waals surface area contributed by atoms with Crippen molar-refractivity contribution in [2.24, 2.45) is 0 Å². The molecular weight excluding hydrogens is 366 g/mol. The van der Waals surface area contributed by atoms with Gasteiger partial charge in [-0.2, -0.15) is 0 Å². The van der Waals surface area contributed by atoms with Crippen molar-refractivity contribution in [3.8, 4) is 11.1 Å². The van der Waals surface area contributed by atoms with Crippen molar-refractivity contribution in [1.82, 2.24) is 24.1 Å². The molecule has 1 atom stereocenters. The number of nitrogens with zero attached hydrogens (tertiary/aromatic N) is 4. The largest absolute Gasteiger partial charge is 0.368 e. The molecule has 0 spiro atoms. The smallest absolute Gasteiger partial charge is 0.277 e. The van der Waals surface area contributed by atoms with Crippen molar-refractivity contribution in [3.63, 3.8) is 0 Å². The number of allylic oxidation sites excluding steroid dienone is 1. The van der Waals surface area contributed by atoms with Crippen LogP contribution < -0.4 is 11.3 Å². The molecule has 0 fully saturated rings. The van der Waals surface area contributed by atoms with Crippen molar-refractivity contribution >= 4 is 22.5 Å². The summed E-state index contributed by atoms with van der Waals surface area (Å²) < 4.78 is 31.9. The molecule has 0 aliphatic rings. The highest BCUT2D eigenvalue weighted by Crippen LogP contribution is 2.30. The molecule has 3 N–H and O–H groups in total. The third-order valence-corrected chi connectivity index (χ3v) is 4.65. The molecule has 0 aliphatic heterocycles. The first-order valence-corrected chi connectivity index (χ1v) is 8.68. The molecule has 0 saturated heterocycles. The number of nitrogens with two attached hydrogens (primary N) is 1. The number of hydrogen-bond acceptors (Lipinski definition) is 4. The van der Waals surface area contributed by atoms with E-state index in [9.17, 15) is 13.6 Å². The second kappa shape index (κ2) is 6.59. The number of nitrogen functional groups attached to an aromatic ring is 1. The zero-order chi connectivity index (χ0) is 20.0. The van der Waals surface area contributed by atoms with Crippen LogP contribution in [0.5, 0.6) is 0 Å². The van der Waals surface area contributed by atoms with Crippen molar-refractivity contribution in [3.05, 3.63) is 59.0 Å². The van der Waals surface area contributed by atoms with Crippen molar-refractivity contribution in [1.29, 1.82) is 0 Å². The minimum absolute atomic E-state index is 0.0220. The molecule has 0 saturated carbocycles. The van der Waals surface area contributed by atoms with Gasteiger partial charge < -0.3 is 10.3 Å². The average Bonchev–Trinajstić information content (AvgIpc) is 3.18. The number of alkyl halides is 1. The summed E-state index contributed by atoms with van der Waals surface area (Å²) in [6.45, 7) is 5.28. The van der Waals surface area contributed by atoms with E-state index in [0.29, 0.717) is 22.5 Å². The molecule has 4 aromatic rings. The number of nitrogens with one attached hydrogen (secondary N) is 1. The summed E-state index contributed by atoms with van der Waals surface area (Å²) in [5.74, 6) is -0.0642. The summed E-state index contributed by atoms with van der Waals surface area (Å²) in [6, 6.07) is 4.66. The van der Waals surface area contributed by atoms with Crippen LogP contribution >= 0.6 is 0 Å². The highest BCUT2D eigenvalue weighted by Gasteiger charge is 2.18. The Balaban J connectivity index is 1.92. The first kappa shape index (κ1) is 17.9. The van der Waals surface area contributed by atoms with Crippen LogP contribution in [0.15, 0.2) is 41.8 Å². The standard InChI is InChI=1S/C19H18F2N6O/c1-3-4-12(20)9-26-10(2)23-16-14(21)7-11(8-15(16)26)13-5-6-27-17(13)18(28)24-19(22)25-27/h3,5-8,12H,1,4,9H2,2H3,(H3,22,24,25,28). The van der Waals surface area contributed by atoms with Crippen molar-refractivity contribution < 1.29 is 8.78 Å². The number of imidazole rings is 1. The molecule has 144 valence electrons. The lowest BCUT2D eigenvalue weighted by Crippen LogP contribution is -2.15.